The molecular weight excluding hydrogens is 219 g/mol. The zero-order valence-electron chi connectivity index (χ0n) is 11.0. The van der Waals surface area contributed by atoms with Gasteiger partial charge in [-0.05, 0) is 62.4 Å². The summed E-state index contributed by atoms with van der Waals surface area (Å²) < 4.78 is 17.2. The molecule has 0 fully saturated rings. The van der Waals surface area contributed by atoms with Crippen LogP contribution in [0.25, 0.3) is 0 Å². The van der Waals surface area contributed by atoms with Crippen LogP contribution in [0.4, 0.5) is 0 Å². The Morgan fingerprint density at radius 2 is 1.69 bits per heavy atom. The molecule has 0 amide bonds. The van der Waals surface area contributed by atoms with Crippen LogP contribution in [0.3, 0.4) is 0 Å². The van der Waals surface area contributed by atoms with E-state index in [1.807, 2.05) is 19.4 Å². The molecule has 16 heavy (non-hydrogen) atoms. The lowest BCUT2D eigenvalue weighted by molar-refractivity contribution is 0.410. The molecule has 0 saturated heterocycles. The first-order chi connectivity index (χ1) is 7.26. The highest BCUT2D eigenvalue weighted by Crippen LogP contribution is 2.42. The summed E-state index contributed by atoms with van der Waals surface area (Å²) in [4.78, 5) is 0. The maximum absolute atomic E-state index is 11.9. The van der Waals surface area contributed by atoms with Crippen LogP contribution in [0.2, 0.25) is 0 Å². The van der Waals surface area contributed by atoms with E-state index in [0.29, 0.717) is 6.16 Å². The van der Waals surface area contributed by atoms with E-state index in [0.717, 1.165) is 11.3 Å². The first-order valence-electron chi connectivity index (χ1n) is 5.44. The number of rotatable bonds is 3. The van der Waals surface area contributed by atoms with Gasteiger partial charge in [0.25, 0.3) is 0 Å². The van der Waals surface area contributed by atoms with Crippen molar-refractivity contribution in [2.45, 2.75) is 26.9 Å². The molecule has 0 aliphatic heterocycles. The molecule has 0 unspecified atom stereocenters. The molecule has 0 aliphatic rings. The number of hydrogen-bond acceptors (Lipinski definition) is 2. The Bertz CT molecular complexity index is 444. The highest BCUT2D eigenvalue weighted by Gasteiger charge is 2.15. The summed E-state index contributed by atoms with van der Waals surface area (Å²) in [5.74, 6) is 0.895. The van der Waals surface area contributed by atoms with Crippen molar-refractivity contribution < 1.29 is 9.30 Å². The normalized spacial score (nSPS) is 11.6. The van der Waals surface area contributed by atoms with Crippen molar-refractivity contribution in [2.75, 3.05) is 20.4 Å². The van der Waals surface area contributed by atoms with E-state index in [9.17, 15) is 4.57 Å². The molecule has 0 radical (unpaired) electrons. The summed E-state index contributed by atoms with van der Waals surface area (Å²) in [5.41, 5.74) is 4.80. The molecule has 0 aliphatic carbocycles. The Hall–Kier alpha value is -0.750. The predicted octanol–water partition coefficient (Wildman–Crippen LogP) is 3.74. The van der Waals surface area contributed by atoms with Crippen molar-refractivity contribution in [3.63, 3.8) is 0 Å². The van der Waals surface area contributed by atoms with Crippen LogP contribution < -0.4 is 4.74 Å². The summed E-state index contributed by atoms with van der Waals surface area (Å²) in [6.07, 6.45) is 0.649. The predicted molar refractivity (Wildman–Crippen MR) is 70.4 cm³/mol. The number of ether oxygens (including phenoxy) is 1. The van der Waals surface area contributed by atoms with Gasteiger partial charge in [-0.3, -0.25) is 0 Å². The second-order valence-electron chi connectivity index (χ2n) is 4.84. The average molecular weight is 240 g/mol. The topological polar surface area (TPSA) is 26.3 Å². The Morgan fingerprint density at radius 3 is 2.12 bits per heavy atom. The van der Waals surface area contributed by atoms with E-state index in [1.54, 1.807) is 7.11 Å². The molecule has 0 aromatic heterocycles. The van der Waals surface area contributed by atoms with E-state index in [1.165, 1.54) is 16.7 Å². The first kappa shape index (κ1) is 13.3. The minimum absolute atomic E-state index is 0.649. The zero-order chi connectivity index (χ0) is 12.5. The molecule has 0 saturated carbocycles. The molecule has 0 bridgehead atoms. The summed E-state index contributed by atoms with van der Waals surface area (Å²) >= 11 is 0. The minimum atomic E-state index is -2.04. The van der Waals surface area contributed by atoms with E-state index < -0.39 is 7.14 Å². The molecule has 90 valence electrons. The molecule has 3 heteroatoms. The fraction of sp³-hybridized carbons (Fsp3) is 0.538. The molecule has 0 atom stereocenters. The first-order valence-corrected chi connectivity index (χ1v) is 8.22. The van der Waals surface area contributed by atoms with E-state index in [-0.39, 0.29) is 0 Å². The van der Waals surface area contributed by atoms with Gasteiger partial charge in [0, 0.05) is 6.16 Å². The van der Waals surface area contributed by atoms with Gasteiger partial charge in [0.05, 0.1) is 14.3 Å². The third-order valence-electron chi connectivity index (χ3n) is 3.05. The second-order valence-corrected chi connectivity index (χ2v) is 8.31. The minimum Gasteiger partial charge on any atom is -0.496 e. The van der Waals surface area contributed by atoms with Crippen LogP contribution in [0.1, 0.15) is 22.3 Å². The SMILES string of the molecule is COc1cc(CP(C)(C)=O)c(C)c(C)c1C. The standard InChI is InChI=1S/C13H21O2P/c1-9-10(2)12(8-16(5,6)14)7-13(15-4)11(9)3/h7H,8H2,1-6H3. The third-order valence-corrected chi connectivity index (χ3v) is 4.15. The molecule has 1 aromatic carbocycles. The van der Waals surface area contributed by atoms with E-state index in [2.05, 4.69) is 20.8 Å². The van der Waals surface area contributed by atoms with Gasteiger partial charge in [-0.2, -0.15) is 0 Å². The van der Waals surface area contributed by atoms with Gasteiger partial charge in [-0.15, -0.1) is 0 Å². The Morgan fingerprint density at radius 1 is 1.12 bits per heavy atom. The quantitative estimate of drug-likeness (QED) is 0.752. The molecule has 1 rings (SSSR count). The third kappa shape index (κ3) is 2.89. The number of hydrogen-bond donors (Lipinski definition) is 0. The number of benzene rings is 1. The highest BCUT2D eigenvalue weighted by molar-refractivity contribution is 7.61. The number of methoxy groups -OCH3 is 1. The van der Waals surface area contributed by atoms with Gasteiger partial charge >= 0.3 is 0 Å². The van der Waals surface area contributed by atoms with Gasteiger partial charge in [0.15, 0.2) is 0 Å². The Balaban J connectivity index is 3.30. The van der Waals surface area contributed by atoms with Crippen LogP contribution in [-0.2, 0) is 10.7 Å². The van der Waals surface area contributed by atoms with Crippen molar-refractivity contribution in [1.29, 1.82) is 0 Å². The van der Waals surface area contributed by atoms with Crippen molar-refractivity contribution in [1.82, 2.24) is 0 Å². The maximum atomic E-state index is 11.9. The Kier molecular flexibility index (Phi) is 3.85. The fourth-order valence-electron chi connectivity index (χ4n) is 1.87. The largest absolute Gasteiger partial charge is 0.496 e. The summed E-state index contributed by atoms with van der Waals surface area (Å²) in [6.45, 7) is 9.89. The van der Waals surface area contributed by atoms with E-state index in [4.69, 9.17) is 4.74 Å². The molecule has 2 nitrogen and oxygen atoms in total. The van der Waals surface area contributed by atoms with Crippen molar-refractivity contribution in [3.05, 3.63) is 28.3 Å². The molecule has 0 heterocycles. The fourth-order valence-corrected chi connectivity index (χ4v) is 3.02. The van der Waals surface area contributed by atoms with Gasteiger partial charge in [-0.1, -0.05) is 0 Å². The summed E-state index contributed by atoms with van der Waals surface area (Å²) in [6, 6.07) is 2.03. The highest BCUT2D eigenvalue weighted by atomic mass is 31.2. The molecule has 0 spiro atoms. The van der Waals surface area contributed by atoms with Crippen LogP contribution in [0.15, 0.2) is 6.07 Å². The van der Waals surface area contributed by atoms with Crippen molar-refractivity contribution >= 4 is 7.14 Å². The van der Waals surface area contributed by atoms with Crippen molar-refractivity contribution in [2.24, 2.45) is 0 Å². The van der Waals surface area contributed by atoms with Crippen LogP contribution in [-0.4, -0.2) is 20.4 Å². The van der Waals surface area contributed by atoms with Crippen LogP contribution in [0, 0.1) is 20.8 Å². The van der Waals surface area contributed by atoms with Gasteiger partial charge in [0.2, 0.25) is 0 Å². The van der Waals surface area contributed by atoms with Gasteiger partial charge in [-0.25, -0.2) is 0 Å². The lowest BCUT2D eigenvalue weighted by Crippen LogP contribution is -1.99. The van der Waals surface area contributed by atoms with E-state index >= 15 is 0 Å². The maximum Gasteiger partial charge on any atom is 0.122 e. The molecule has 0 N–H and O–H groups in total. The van der Waals surface area contributed by atoms with Crippen molar-refractivity contribution in [3.8, 4) is 5.75 Å². The average Bonchev–Trinajstić information content (AvgIpc) is 2.17. The lowest BCUT2D eigenvalue weighted by Gasteiger charge is -2.16. The van der Waals surface area contributed by atoms with Crippen LogP contribution >= 0.6 is 7.14 Å². The second kappa shape index (κ2) is 4.63. The van der Waals surface area contributed by atoms with Gasteiger partial charge < -0.3 is 9.30 Å². The summed E-state index contributed by atoms with van der Waals surface area (Å²) in [5, 5.41) is 0. The Labute approximate surface area is 98.4 Å². The lowest BCUT2D eigenvalue weighted by atomic mass is 9.99. The smallest absolute Gasteiger partial charge is 0.122 e. The zero-order valence-corrected chi connectivity index (χ0v) is 11.9. The van der Waals surface area contributed by atoms with Gasteiger partial charge in [0.1, 0.15) is 5.75 Å². The molecular formula is C13H21O2P. The molecule has 1 aromatic rings. The van der Waals surface area contributed by atoms with Crippen LogP contribution in [0.5, 0.6) is 5.75 Å². The summed E-state index contributed by atoms with van der Waals surface area (Å²) in [7, 11) is -0.356. The monoisotopic (exact) mass is 240 g/mol.